The van der Waals surface area contributed by atoms with E-state index in [0.717, 1.165) is 0 Å². The average molecular weight is 303 g/mol. The smallest absolute Gasteiger partial charge is 0.321 e. The highest BCUT2D eigenvalue weighted by atomic mass is 16.4. The number of allylic oxidation sites excluding steroid dienone is 1. The van der Waals surface area contributed by atoms with Gasteiger partial charge in [0.1, 0.15) is 5.41 Å². The molecule has 22 heavy (non-hydrogen) atoms. The monoisotopic (exact) mass is 303 g/mol. The van der Waals surface area contributed by atoms with Crippen LogP contribution in [0.2, 0.25) is 0 Å². The lowest BCUT2D eigenvalue weighted by atomic mass is 9.63. The number of carboxylic acids is 2. The summed E-state index contributed by atoms with van der Waals surface area (Å²) < 4.78 is 0. The van der Waals surface area contributed by atoms with E-state index in [2.05, 4.69) is 0 Å². The number of anilines is 1. The van der Waals surface area contributed by atoms with E-state index in [-0.39, 0.29) is 18.4 Å². The third-order valence-corrected chi connectivity index (χ3v) is 4.12. The molecule has 1 aliphatic rings. The first-order chi connectivity index (χ1) is 10.2. The number of carbonyl (C=O) groups is 3. The van der Waals surface area contributed by atoms with Crippen molar-refractivity contribution < 1.29 is 24.6 Å². The largest absolute Gasteiger partial charge is 0.481 e. The van der Waals surface area contributed by atoms with E-state index in [0.29, 0.717) is 5.69 Å². The van der Waals surface area contributed by atoms with Crippen LogP contribution in [0.15, 0.2) is 36.4 Å². The van der Waals surface area contributed by atoms with Crippen LogP contribution in [0.25, 0.3) is 0 Å². The number of carbonyl (C=O) groups excluding carboxylic acids is 1. The number of hydrogen-bond donors (Lipinski definition) is 3. The molecule has 2 unspecified atom stereocenters. The SMILES string of the molecule is CC1(C(=O)O)CC=CC(C(=O)O)(C(=O)c2ccc(N)cc2)C1. The summed E-state index contributed by atoms with van der Waals surface area (Å²) in [7, 11) is 0. The molecular weight excluding hydrogens is 286 g/mol. The van der Waals surface area contributed by atoms with E-state index in [1.807, 2.05) is 0 Å². The van der Waals surface area contributed by atoms with Gasteiger partial charge in [-0.05, 0) is 44.0 Å². The Labute approximate surface area is 127 Å². The number of nitrogen functional groups attached to an aromatic ring is 1. The molecule has 0 fully saturated rings. The van der Waals surface area contributed by atoms with Crippen LogP contribution in [0.4, 0.5) is 5.69 Å². The van der Waals surface area contributed by atoms with Gasteiger partial charge in [-0.25, -0.2) is 0 Å². The second-order valence-corrected chi connectivity index (χ2v) is 5.88. The van der Waals surface area contributed by atoms with Crippen molar-refractivity contribution >= 4 is 23.4 Å². The van der Waals surface area contributed by atoms with Gasteiger partial charge in [0.15, 0.2) is 5.78 Å². The Morgan fingerprint density at radius 1 is 1.09 bits per heavy atom. The number of Topliss-reactive ketones (excluding diaryl/α,β-unsaturated/α-hetero) is 1. The standard InChI is InChI=1S/C16H17NO5/c1-15(13(19)20)7-2-8-16(9-15,14(21)22)12(18)10-3-5-11(17)6-4-10/h2-6,8H,7,9,17H2,1H3,(H,19,20)(H,21,22). The van der Waals surface area contributed by atoms with Gasteiger partial charge in [-0.15, -0.1) is 0 Å². The summed E-state index contributed by atoms with van der Waals surface area (Å²) in [6, 6.07) is 5.91. The predicted molar refractivity (Wildman–Crippen MR) is 79.4 cm³/mol. The minimum atomic E-state index is -1.87. The number of rotatable bonds is 4. The minimum Gasteiger partial charge on any atom is -0.481 e. The zero-order valence-corrected chi connectivity index (χ0v) is 12.1. The van der Waals surface area contributed by atoms with Gasteiger partial charge in [0.05, 0.1) is 5.41 Å². The molecule has 4 N–H and O–H groups in total. The molecular formula is C16H17NO5. The highest BCUT2D eigenvalue weighted by Crippen LogP contribution is 2.44. The van der Waals surface area contributed by atoms with Crippen molar-refractivity contribution in [1.82, 2.24) is 0 Å². The summed E-state index contributed by atoms with van der Waals surface area (Å²) >= 11 is 0. The molecule has 0 saturated heterocycles. The third-order valence-electron chi connectivity index (χ3n) is 4.12. The van der Waals surface area contributed by atoms with Crippen molar-refractivity contribution in [3.63, 3.8) is 0 Å². The number of nitrogens with two attached hydrogens (primary N) is 1. The van der Waals surface area contributed by atoms with Gasteiger partial charge < -0.3 is 15.9 Å². The molecule has 1 aromatic carbocycles. The summed E-state index contributed by atoms with van der Waals surface area (Å²) in [4.78, 5) is 35.9. The molecule has 0 radical (unpaired) electrons. The molecule has 0 spiro atoms. The van der Waals surface area contributed by atoms with E-state index >= 15 is 0 Å². The van der Waals surface area contributed by atoms with Crippen LogP contribution in [0, 0.1) is 10.8 Å². The lowest BCUT2D eigenvalue weighted by Gasteiger charge is -2.36. The first-order valence-electron chi connectivity index (χ1n) is 6.76. The Balaban J connectivity index is 2.50. The second kappa shape index (κ2) is 5.29. The quantitative estimate of drug-likeness (QED) is 0.339. The fourth-order valence-corrected chi connectivity index (χ4v) is 2.72. The Bertz CT molecular complexity index is 664. The van der Waals surface area contributed by atoms with Gasteiger partial charge in [0.25, 0.3) is 0 Å². The lowest BCUT2D eigenvalue weighted by Crippen LogP contribution is -2.46. The maximum absolute atomic E-state index is 12.7. The van der Waals surface area contributed by atoms with Crippen LogP contribution in [0.1, 0.15) is 30.1 Å². The second-order valence-electron chi connectivity index (χ2n) is 5.88. The van der Waals surface area contributed by atoms with Crippen LogP contribution in [-0.4, -0.2) is 27.9 Å². The number of aliphatic carboxylic acids is 2. The van der Waals surface area contributed by atoms with Gasteiger partial charge in [-0.1, -0.05) is 12.2 Å². The summed E-state index contributed by atoms with van der Waals surface area (Å²) in [6.07, 6.45) is 2.66. The zero-order valence-electron chi connectivity index (χ0n) is 12.1. The average Bonchev–Trinajstić information content (AvgIpc) is 2.47. The van der Waals surface area contributed by atoms with Gasteiger partial charge >= 0.3 is 11.9 Å². The number of ketones is 1. The summed E-state index contributed by atoms with van der Waals surface area (Å²) in [5.41, 5.74) is 3.04. The van der Waals surface area contributed by atoms with Gasteiger partial charge in [0, 0.05) is 11.3 Å². The van der Waals surface area contributed by atoms with E-state index in [1.54, 1.807) is 0 Å². The summed E-state index contributed by atoms with van der Waals surface area (Å²) in [6.45, 7) is 1.45. The molecule has 116 valence electrons. The highest BCUT2D eigenvalue weighted by Gasteiger charge is 2.53. The van der Waals surface area contributed by atoms with Crippen LogP contribution in [0.5, 0.6) is 0 Å². The molecule has 6 heteroatoms. The van der Waals surface area contributed by atoms with Crippen molar-refractivity contribution in [2.24, 2.45) is 10.8 Å². The molecule has 2 rings (SSSR count). The maximum Gasteiger partial charge on any atom is 0.321 e. The zero-order chi connectivity index (χ0) is 16.5. The Kier molecular flexibility index (Phi) is 3.79. The molecule has 0 aliphatic heterocycles. The third kappa shape index (κ3) is 2.47. The lowest BCUT2D eigenvalue weighted by molar-refractivity contribution is -0.153. The predicted octanol–water partition coefficient (Wildman–Crippen LogP) is 1.96. The van der Waals surface area contributed by atoms with Crippen LogP contribution < -0.4 is 5.73 Å². The number of carboxylic acid groups (broad SMARTS) is 2. The van der Waals surface area contributed by atoms with E-state index in [1.165, 1.54) is 43.3 Å². The van der Waals surface area contributed by atoms with Crippen LogP contribution >= 0.6 is 0 Å². The number of hydrogen-bond acceptors (Lipinski definition) is 4. The molecule has 0 bridgehead atoms. The molecule has 0 heterocycles. The van der Waals surface area contributed by atoms with Gasteiger partial charge in [-0.2, -0.15) is 0 Å². The van der Waals surface area contributed by atoms with Crippen molar-refractivity contribution in [2.75, 3.05) is 5.73 Å². The van der Waals surface area contributed by atoms with Crippen LogP contribution in [-0.2, 0) is 9.59 Å². The summed E-state index contributed by atoms with van der Waals surface area (Å²) in [5.74, 6) is -3.10. The Morgan fingerprint density at radius 3 is 2.18 bits per heavy atom. The van der Waals surface area contributed by atoms with Crippen molar-refractivity contribution in [3.8, 4) is 0 Å². The molecule has 1 aliphatic carbocycles. The first kappa shape index (κ1) is 15.8. The first-order valence-corrected chi connectivity index (χ1v) is 6.76. The van der Waals surface area contributed by atoms with Crippen LogP contribution in [0.3, 0.4) is 0 Å². The molecule has 2 atom stereocenters. The van der Waals surface area contributed by atoms with Gasteiger partial charge in [-0.3, -0.25) is 14.4 Å². The summed E-state index contributed by atoms with van der Waals surface area (Å²) in [5, 5.41) is 18.9. The van der Waals surface area contributed by atoms with E-state index in [4.69, 9.17) is 5.73 Å². The Morgan fingerprint density at radius 2 is 1.68 bits per heavy atom. The maximum atomic E-state index is 12.7. The van der Waals surface area contributed by atoms with Gasteiger partial charge in [0.2, 0.25) is 0 Å². The molecule has 0 amide bonds. The van der Waals surface area contributed by atoms with E-state index < -0.39 is 28.6 Å². The topological polar surface area (TPSA) is 118 Å². The molecule has 6 nitrogen and oxygen atoms in total. The Hall–Kier alpha value is -2.63. The fraction of sp³-hybridized carbons (Fsp3) is 0.312. The molecule has 1 aromatic rings. The molecule has 0 saturated carbocycles. The highest BCUT2D eigenvalue weighted by molar-refractivity contribution is 6.14. The normalized spacial score (nSPS) is 27.3. The minimum absolute atomic E-state index is 0.187. The fourth-order valence-electron chi connectivity index (χ4n) is 2.72. The van der Waals surface area contributed by atoms with Crippen molar-refractivity contribution in [1.29, 1.82) is 0 Å². The van der Waals surface area contributed by atoms with E-state index in [9.17, 15) is 24.6 Å². The molecule has 0 aromatic heterocycles. The van der Waals surface area contributed by atoms with Crippen molar-refractivity contribution in [3.05, 3.63) is 42.0 Å². The van der Waals surface area contributed by atoms with Crippen molar-refractivity contribution in [2.45, 2.75) is 19.8 Å². The number of benzene rings is 1.